The number of nitrogens with zero attached hydrogens (tertiary/aromatic N) is 3. The summed E-state index contributed by atoms with van der Waals surface area (Å²) in [5.41, 5.74) is 0.354. The van der Waals surface area contributed by atoms with Crippen molar-refractivity contribution in [2.75, 3.05) is 37.6 Å². The number of hydrogen-bond donors (Lipinski definition) is 0. The summed E-state index contributed by atoms with van der Waals surface area (Å²) in [6, 6.07) is 5.58. The highest BCUT2D eigenvalue weighted by atomic mass is 19.1. The Balaban J connectivity index is 2.04. The van der Waals surface area contributed by atoms with Gasteiger partial charge in [0.25, 0.3) is 0 Å². The number of hydrogen-bond acceptors (Lipinski definition) is 3. The molecule has 6 nitrogen and oxygen atoms in total. The third-order valence-electron chi connectivity index (χ3n) is 3.61. The largest absolute Gasteiger partial charge is 0.342 e. The van der Waals surface area contributed by atoms with E-state index in [1.165, 1.54) is 30.0 Å². The molecule has 1 aliphatic rings. The molecule has 1 heterocycles. The van der Waals surface area contributed by atoms with Gasteiger partial charge in [-0.2, -0.15) is 0 Å². The van der Waals surface area contributed by atoms with Gasteiger partial charge in [-0.3, -0.25) is 14.4 Å². The van der Waals surface area contributed by atoms with E-state index in [0.717, 1.165) is 6.41 Å². The summed E-state index contributed by atoms with van der Waals surface area (Å²) < 4.78 is 13.3. The second-order valence-corrected chi connectivity index (χ2v) is 5.11. The molecule has 0 atom stereocenters. The highest BCUT2D eigenvalue weighted by molar-refractivity contribution is 5.97. The molecule has 22 heavy (non-hydrogen) atoms. The molecule has 1 aromatic carbocycles. The number of halogens is 1. The van der Waals surface area contributed by atoms with Crippen molar-refractivity contribution in [2.24, 2.45) is 0 Å². The maximum atomic E-state index is 13.3. The van der Waals surface area contributed by atoms with Gasteiger partial charge in [-0.1, -0.05) is 6.07 Å². The third-order valence-corrected chi connectivity index (χ3v) is 3.61. The lowest BCUT2D eigenvalue weighted by Gasteiger charge is -2.34. The molecule has 0 radical (unpaired) electrons. The average molecular weight is 307 g/mol. The van der Waals surface area contributed by atoms with E-state index in [0.29, 0.717) is 31.9 Å². The van der Waals surface area contributed by atoms with Crippen LogP contribution < -0.4 is 4.90 Å². The smallest absolute Gasteiger partial charge is 0.242 e. The lowest BCUT2D eigenvalue weighted by molar-refractivity contribution is -0.134. The molecule has 0 aliphatic carbocycles. The summed E-state index contributed by atoms with van der Waals surface area (Å²) in [4.78, 5) is 39.2. The molecule has 0 N–H and O–H groups in total. The zero-order chi connectivity index (χ0) is 16.1. The standard InChI is InChI=1S/C15H18FN3O3/c1-12(21)19(14-4-2-3-13(16)9-14)10-15(22)18-7-5-17(11-20)6-8-18/h2-4,9,11H,5-8,10H2,1H3. The van der Waals surface area contributed by atoms with E-state index >= 15 is 0 Å². The second kappa shape index (κ2) is 7.02. The molecule has 0 aromatic heterocycles. The molecule has 1 fully saturated rings. The zero-order valence-corrected chi connectivity index (χ0v) is 12.4. The lowest BCUT2D eigenvalue weighted by Crippen LogP contribution is -2.51. The minimum Gasteiger partial charge on any atom is -0.342 e. The van der Waals surface area contributed by atoms with Crippen LogP contribution in [0.25, 0.3) is 0 Å². The molecule has 1 aromatic rings. The van der Waals surface area contributed by atoms with Crippen LogP contribution in [0.3, 0.4) is 0 Å². The molecule has 0 spiro atoms. The van der Waals surface area contributed by atoms with Gasteiger partial charge in [-0.15, -0.1) is 0 Å². The summed E-state index contributed by atoms with van der Waals surface area (Å²) in [7, 11) is 0. The number of rotatable bonds is 4. The first-order chi connectivity index (χ1) is 10.5. The molecular formula is C15H18FN3O3. The molecule has 1 aliphatic heterocycles. The molecule has 1 saturated heterocycles. The van der Waals surface area contributed by atoms with Crippen molar-refractivity contribution in [1.29, 1.82) is 0 Å². The van der Waals surface area contributed by atoms with Crippen LogP contribution in [0.5, 0.6) is 0 Å². The normalized spacial score (nSPS) is 14.6. The van der Waals surface area contributed by atoms with Crippen LogP contribution in [0, 0.1) is 5.82 Å². The Morgan fingerprint density at radius 1 is 1.27 bits per heavy atom. The lowest BCUT2D eigenvalue weighted by atomic mass is 10.2. The Morgan fingerprint density at radius 2 is 1.95 bits per heavy atom. The van der Waals surface area contributed by atoms with Gasteiger partial charge < -0.3 is 14.7 Å². The number of anilines is 1. The van der Waals surface area contributed by atoms with Gasteiger partial charge in [0.2, 0.25) is 18.2 Å². The number of piperazine rings is 1. The van der Waals surface area contributed by atoms with Crippen molar-refractivity contribution in [1.82, 2.24) is 9.80 Å². The number of amides is 3. The molecule has 118 valence electrons. The number of carbonyl (C=O) groups excluding carboxylic acids is 3. The van der Waals surface area contributed by atoms with E-state index in [4.69, 9.17) is 0 Å². The first-order valence-corrected chi connectivity index (χ1v) is 7.02. The maximum absolute atomic E-state index is 13.3. The van der Waals surface area contributed by atoms with Gasteiger partial charge in [0.15, 0.2) is 0 Å². The Kier molecular flexibility index (Phi) is 5.08. The Morgan fingerprint density at radius 3 is 2.50 bits per heavy atom. The van der Waals surface area contributed by atoms with Crippen molar-refractivity contribution < 1.29 is 18.8 Å². The predicted molar refractivity (Wildman–Crippen MR) is 78.6 cm³/mol. The van der Waals surface area contributed by atoms with E-state index < -0.39 is 5.82 Å². The van der Waals surface area contributed by atoms with Gasteiger partial charge in [0.05, 0.1) is 0 Å². The van der Waals surface area contributed by atoms with Gasteiger partial charge in [-0.05, 0) is 18.2 Å². The molecule has 3 amide bonds. The van der Waals surface area contributed by atoms with Crippen LogP contribution in [0.4, 0.5) is 10.1 Å². The van der Waals surface area contributed by atoms with Gasteiger partial charge >= 0.3 is 0 Å². The third kappa shape index (κ3) is 3.81. The molecule has 0 bridgehead atoms. The Hall–Kier alpha value is -2.44. The summed E-state index contributed by atoms with van der Waals surface area (Å²) in [5, 5.41) is 0. The van der Waals surface area contributed by atoms with Crippen molar-refractivity contribution in [2.45, 2.75) is 6.92 Å². The minimum atomic E-state index is -0.462. The summed E-state index contributed by atoms with van der Waals surface area (Å²) in [6.07, 6.45) is 0.760. The van der Waals surface area contributed by atoms with Crippen LogP contribution in [0.1, 0.15) is 6.92 Å². The average Bonchev–Trinajstić information content (AvgIpc) is 2.52. The number of carbonyl (C=O) groups is 3. The van der Waals surface area contributed by atoms with E-state index in [1.807, 2.05) is 0 Å². The highest BCUT2D eigenvalue weighted by Crippen LogP contribution is 2.16. The van der Waals surface area contributed by atoms with E-state index in [2.05, 4.69) is 0 Å². The summed E-state index contributed by atoms with van der Waals surface area (Å²) >= 11 is 0. The van der Waals surface area contributed by atoms with Crippen molar-refractivity contribution in [3.8, 4) is 0 Å². The fraction of sp³-hybridized carbons (Fsp3) is 0.400. The fourth-order valence-corrected chi connectivity index (χ4v) is 2.34. The molecular weight excluding hydrogens is 289 g/mol. The van der Waals surface area contributed by atoms with Crippen molar-refractivity contribution in [3.63, 3.8) is 0 Å². The predicted octanol–water partition coefficient (Wildman–Crippen LogP) is 0.479. The molecule has 2 rings (SSSR count). The monoisotopic (exact) mass is 307 g/mol. The fourth-order valence-electron chi connectivity index (χ4n) is 2.34. The maximum Gasteiger partial charge on any atom is 0.242 e. The second-order valence-electron chi connectivity index (χ2n) is 5.11. The van der Waals surface area contributed by atoms with Crippen molar-refractivity contribution >= 4 is 23.9 Å². The Bertz CT molecular complexity index is 571. The number of benzene rings is 1. The van der Waals surface area contributed by atoms with E-state index in [-0.39, 0.29) is 18.4 Å². The van der Waals surface area contributed by atoms with Crippen LogP contribution in [-0.2, 0) is 14.4 Å². The highest BCUT2D eigenvalue weighted by Gasteiger charge is 2.23. The molecule has 7 heteroatoms. The zero-order valence-electron chi connectivity index (χ0n) is 12.4. The topological polar surface area (TPSA) is 60.9 Å². The minimum absolute atomic E-state index is 0.139. The summed E-state index contributed by atoms with van der Waals surface area (Å²) in [6.45, 7) is 3.03. The van der Waals surface area contributed by atoms with Gasteiger partial charge in [0.1, 0.15) is 12.4 Å². The van der Waals surface area contributed by atoms with Crippen LogP contribution in [0.15, 0.2) is 24.3 Å². The van der Waals surface area contributed by atoms with Gasteiger partial charge in [-0.25, -0.2) is 4.39 Å². The SMILES string of the molecule is CC(=O)N(CC(=O)N1CCN(C=O)CC1)c1cccc(F)c1. The van der Waals surface area contributed by atoms with E-state index in [9.17, 15) is 18.8 Å². The quantitative estimate of drug-likeness (QED) is 0.760. The van der Waals surface area contributed by atoms with Crippen molar-refractivity contribution in [3.05, 3.63) is 30.1 Å². The van der Waals surface area contributed by atoms with Crippen LogP contribution in [-0.4, -0.2) is 60.7 Å². The van der Waals surface area contributed by atoms with Crippen LogP contribution in [0.2, 0.25) is 0 Å². The first-order valence-electron chi connectivity index (χ1n) is 7.02. The van der Waals surface area contributed by atoms with E-state index in [1.54, 1.807) is 15.9 Å². The first kappa shape index (κ1) is 15.9. The van der Waals surface area contributed by atoms with Gasteiger partial charge in [0, 0.05) is 38.8 Å². The molecule has 0 unspecified atom stereocenters. The Labute approximate surface area is 128 Å². The van der Waals surface area contributed by atoms with Crippen LogP contribution >= 0.6 is 0 Å². The molecule has 0 saturated carbocycles. The summed E-state index contributed by atoms with van der Waals surface area (Å²) in [5.74, 6) is -1.01.